The van der Waals surface area contributed by atoms with Crippen LogP contribution in [0.2, 0.25) is 10.0 Å². The van der Waals surface area contributed by atoms with Gasteiger partial charge < -0.3 is 10.7 Å². The lowest BCUT2D eigenvalue weighted by Crippen LogP contribution is -2.03. The number of rotatable bonds is 3. The number of aromatic amines is 1. The van der Waals surface area contributed by atoms with Crippen LogP contribution in [0.15, 0.2) is 22.8 Å². The molecule has 0 aliphatic rings. The van der Waals surface area contributed by atoms with E-state index in [2.05, 4.69) is 25.9 Å². The van der Waals surface area contributed by atoms with E-state index in [1.54, 1.807) is 12.1 Å². The first-order valence-electron chi connectivity index (χ1n) is 5.01. The van der Waals surface area contributed by atoms with Gasteiger partial charge in [0.15, 0.2) is 0 Å². The van der Waals surface area contributed by atoms with Crippen molar-refractivity contribution in [3.8, 4) is 11.3 Å². The van der Waals surface area contributed by atoms with Crippen molar-refractivity contribution in [1.29, 1.82) is 0 Å². The molecule has 0 saturated carbocycles. The van der Waals surface area contributed by atoms with Gasteiger partial charge in [0.2, 0.25) is 0 Å². The van der Waals surface area contributed by atoms with Crippen molar-refractivity contribution in [3.63, 3.8) is 0 Å². The summed E-state index contributed by atoms with van der Waals surface area (Å²) in [6.45, 7) is 0.556. The van der Waals surface area contributed by atoms with E-state index in [0.29, 0.717) is 23.0 Å². The quantitative estimate of drug-likeness (QED) is 0.900. The maximum absolute atomic E-state index is 5.98. The van der Waals surface area contributed by atoms with E-state index in [4.69, 9.17) is 28.9 Å². The summed E-state index contributed by atoms with van der Waals surface area (Å²) in [5, 5.41) is 1.05. The Morgan fingerprint density at radius 2 is 2.06 bits per heavy atom. The number of hydrogen-bond acceptors (Lipinski definition) is 2. The first-order chi connectivity index (χ1) is 8.11. The molecule has 1 heterocycles. The summed E-state index contributed by atoms with van der Waals surface area (Å²) in [4.78, 5) is 7.58. The fraction of sp³-hybridized carbons (Fsp3) is 0.182. The van der Waals surface area contributed by atoms with E-state index in [0.717, 1.165) is 21.7 Å². The third kappa shape index (κ3) is 2.83. The second kappa shape index (κ2) is 5.40. The molecule has 0 amide bonds. The smallest absolute Gasteiger partial charge is 0.110 e. The number of benzene rings is 1. The summed E-state index contributed by atoms with van der Waals surface area (Å²) in [5.74, 6) is 0.848. The van der Waals surface area contributed by atoms with Gasteiger partial charge in [-0.3, -0.25) is 0 Å². The Kier molecular flexibility index (Phi) is 4.09. The summed E-state index contributed by atoms with van der Waals surface area (Å²) < 4.78 is 0.819. The first-order valence-corrected chi connectivity index (χ1v) is 6.56. The third-order valence-corrected chi connectivity index (χ3v) is 3.60. The molecular formula is C11H10BrCl2N3. The molecule has 3 nitrogen and oxygen atoms in total. The molecule has 6 heteroatoms. The Bertz CT molecular complexity index is 540. The fourth-order valence-electron chi connectivity index (χ4n) is 1.49. The molecule has 0 aliphatic heterocycles. The maximum Gasteiger partial charge on any atom is 0.110 e. The number of nitrogens with two attached hydrogens (primary N) is 1. The normalized spacial score (nSPS) is 10.8. The lowest BCUT2D eigenvalue weighted by Gasteiger charge is -2.00. The second-order valence-electron chi connectivity index (χ2n) is 3.51. The second-order valence-corrected chi connectivity index (χ2v) is 5.12. The van der Waals surface area contributed by atoms with Crippen molar-refractivity contribution >= 4 is 39.1 Å². The zero-order valence-electron chi connectivity index (χ0n) is 8.80. The van der Waals surface area contributed by atoms with E-state index < -0.39 is 0 Å². The van der Waals surface area contributed by atoms with E-state index in [1.807, 2.05) is 6.07 Å². The summed E-state index contributed by atoms with van der Waals surface area (Å²) in [6, 6.07) is 5.42. The largest absolute Gasteiger partial charge is 0.336 e. The van der Waals surface area contributed by atoms with Gasteiger partial charge in [0.05, 0.1) is 10.0 Å². The van der Waals surface area contributed by atoms with Crippen molar-refractivity contribution in [2.24, 2.45) is 5.73 Å². The van der Waals surface area contributed by atoms with Crippen LogP contribution in [-0.2, 0) is 6.42 Å². The predicted molar refractivity (Wildman–Crippen MR) is 74.5 cm³/mol. The summed E-state index contributed by atoms with van der Waals surface area (Å²) in [5.41, 5.74) is 7.21. The zero-order chi connectivity index (χ0) is 12.4. The number of hydrogen-bond donors (Lipinski definition) is 2. The van der Waals surface area contributed by atoms with E-state index >= 15 is 0 Å². The highest BCUT2D eigenvalue weighted by atomic mass is 79.9. The van der Waals surface area contributed by atoms with Crippen LogP contribution in [-0.4, -0.2) is 16.5 Å². The van der Waals surface area contributed by atoms with Gasteiger partial charge in [-0.1, -0.05) is 29.3 Å². The lowest BCUT2D eigenvalue weighted by molar-refractivity contribution is 0.893. The Morgan fingerprint density at radius 3 is 2.71 bits per heavy atom. The van der Waals surface area contributed by atoms with Gasteiger partial charge in [-0.25, -0.2) is 4.98 Å². The number of aromatic nitrogens is 2. The van der Waals surface area contributed by atoms with Crippen molar-refractivity contribution in [2.75, 3.05) is 6.54 Å². The molecule has 1 aromatic heterocycles. The first kappa shape index (κ1) is 12.9. The molecule has 17 heavy (non-hydrogen) atoms. The zero-order valence-corrected chi connectivity index (χ0v) is 11.9. The molecule has 0 fully saturated rings. The van der Waals surface area contributed by atoms with Crippen LogP contribution in [0, 0.1) is 0 Å². The molecule has 0 spiro atoms. The number of nitrogens with zero attached hydrogens (tertiary/aromatic N) is 1. The Morgan fingerprint density at radius 1 is 1.29 bits per heavy atom. The Hall–Kier alpha value is -0.550. The molecule has 0 unspecified atom stereocenters. The Balaban J connectivity index is 2.41. The van der Waals surface area contributed by atoms with Gasteiger partial charge in [0.25, 0.3) is 0 Å². The van der Waals surface area contributed by atoms with Crippen molar-refractivity contribution in [2.45, 2.75) is 6.42 Å². The van der Waals surface area contributed by atoms with Crippen molar-refractivity contribution in [3.05, 3.63) is 38.7 Å². The highest BCUT2D eigenvalue weighted by Crippen LogP contribution is 2.31. The topological polar surface area (TPSA) is 54.7 Å². The van der Waals surface area contributed by atoms with E-state index in [9.17, 15) is 0 Å². The van der Waals surface area contributed by atoms with Gasteiger partial charge in [-0.05, 0) is 34.6 Å². The van der Waals surface area contributed by atoms with Crippen molar-refractivity contribution < 1.29 is 0 Å². The van der Waals surface area contributed by atoms with Crippen LogP contribution in [0.3, 0.4) is 0 Å². The van der Waals surface area contributed by atoms with E-state index in [1.165, 1.54) is 0 Å². The monoisotopic (exact) mass is 333 g/mol. The summed E-state index contributed by atoms with van der Waals surface area (Å²) >= 11 is 15.3. The highest BCUT2D eigenvalue weighted by molar-refractivity contribution is 9.10. The van der Waals surface area contributed by atoms with Gasteiger partial charge >= 0.3 is 0 Å². The molecular weight excluding hydrogens is 325 g/mol. The van der Waals surface area contributed by atoms with Crippen LogP contribution in [0.25, 0.3) is 11.3 Å². The van der Waals surface area contributed by atoms with Gasteiger partial charge in [-0.2, -0.15) is 0 Å². The predicted octanol–water partition coefficient (Wildman–Crippen LogP) is 3.65. The Labute approximate surface area is 117 Å². The summed E-state index contributed by atoms with van der Waals surface area (Å²) in [7, 11) is 0. The molecule has 0 radical (unpaired) electrons. The van der Waals surface area contributed by atoms with Crippen LogP contribution in [0.4, 0.5) is 0 Å². The molecule has 3 N–H and O–H groups in total. The maximum atomic E-state index is 5.98. The number of halogens is 3. The van der Waals surface area contributed by atoms with E-state index in [-0.39, 0.29) is 0 Å². The molecule has 90 valence electrons. The molecule has 0 saturated heterocycles. The van der Waals surface area contributed by atoms with Crippen molar-refractivity contribution in [1.82, 2.24) is 9.97 Å². The summed E-state index contributed by atoms with van der Waals surface area (Å²) in [6.07, 6.45) is 0.708. The fourth-order valence-corrected chi connectivity index (χ4v) is 2.33. The van der Waals surface area contributed by atoms with Gasteiger partial charge in [-0.15, -0.1) is 0 Å². The average Bonchev–Trinajstić information content (AvgIpc) is 2.64. The van der Waals surface area contributed by atoms with Gasteiger partial charge in [0, 0.05) is 12.0 Å². The molecule has 2 rings (SSSR count). The SMILES string of the molecule is NCCc1nc(-c2ccc(Cl)c(Cl)c2)c(Br)[nH]1. The van der Waals surface area contributed by atoms with Crippen LogP contribution in [0.5, 0.6) is 0 Å². The average molecular weight is 335 g/mol. The van der Waals surface area contributed by atoms with Crippen LogP contribution in [0.1, 0.15) is 5.82 Å². The minimum atomic E-state index is 0.513. The minimum absolute atomic E-state index is 0.513. The van der Waals surface area contributed by atoms with Crippen LogP contribution < -0.4 is 5.73 Å². The molecule has 0 aliphatic carbocycles. The molecule has 2 aromatic rings. The van der Waals surface area contributed by atoms with Gasteiger partial charge in [0.1, 0.15) is 16.1 Å². The number of H-pyrrole nitrogens is 1. The molecule has 1 aromatic carbocycles. The molecule has 0 bridgehead atoms. The lowest BCUT2D eigenvalue weighted by atomic mass is 10.2. The standard InChI is InChI=1S/C11H10BrCl2N3/c12-11-10(16-9(17-11)3-4-15)6-1-2-7(13)8(14)5-6/h1-2,5H,3-4,15H2,(H,16,17). The molecule has 0 atom stereocenters. The van der Waals surface area contributed by atoms with Crippen LogP contribution >= 0.6 is 39.1 Å². The highest BCUT2D eigenvalue weighted by Gasteiger charge is 2.11. The number of imidazole rings is 1. The number of nitrogens with one attached hydrogen (secondary N) is 1. The third-order valence-electron chi connectivity index (χ3n) is 2.28. The minimum Gasteiger partial charge on any atom is -0.336 e.